The Balaban J connectivity index is 1.67. The minimum atomic E-state index is -0.844. The molecule has 0 aliphatic carbocycles. The monoisotopic (exact) mass is 319 g/mol. The predicted molar refractivity (Wildman–Crippen MR) is 82.6 cm³/mol. The van der Waals surface area contributed by atoms with Crippen LogP contribution in [0.4, 0.5) is 0 Å². The summed E-state index contributed by atoms with van der Waals surface area (Å²) in [5.74, 6) is -0.953. The summed E-state index contributed by atoms with van der Waals surface area (Å²) in [6.45, 7) is 1.92. The van der Waals surface area contributed by atoms with Crippen molar-refractivity contribution in [2.24, 2.45) is 5.92 Å². The van der Waals surface area contributed by atoms with Crippen molar-refractivity contribution in [3.05, 3.63) is 29.8 Å². The molecular weight excluding hydrogens is 298 g/mol. The van der Waals surface area contributed by atoms with Crippen LogP contribution in [0.25, 0.3) is 0 Å². The van der Waals surface area contributed by atoms with Gasteiger partial charge >= 0.3 is 5.97 Å². The van der Waals surface area contributed by atoms with Crippen molar-refractivity contribution in [2.45, 2.75) is 25.4 Å². The minimum Gasteiger partial charge on any atom is -0.490 e. The van der Waals surface area contributed by atoms with Crippen molar-refractivity contribution in [1.29, 1.82) is 0 Å². The summed E-state index contributed by atoms with van der Waals surface area (Å²) in [7, 11) is 0. The van der Waals surface area contributed by atoms with Crippen molar-refractivity contribution >= 4 is 11.9 Å². The highest BCUT2D eigenvalue weighted by Gasteiger charge is 2.32. The molecule has 2 atom stereocenters. The number of carboxylic acid groups (broad SMARTS) is 1. The third-order valence-electron chi connectivity index (χ3n) is 4.39. The van der Waals surface area contributed by atoms with Crippen molar-refractivity contribution < 1.29 is 24.2 Å². The molecule has 1 amide bonds. The fourth-order valence-corrected chi connectivity index (χ4v) is 3.04. The Labute approximate surface area is 135 Å². The normalized spacial score (nSPS) is 23.9. The molecule has 2 heterocycles. The van der Waals surface area contributed by atoms with E-state index >= 15 is 0 Å². The smallest absolute Gasteiger partial charge is 0.308 e. The third-order valence-corrected chi connectivity index (χ3v) is 4.39. The number of aliphatic carboxylic acids is 1. The molecule has 2 aliphatic heterocycles. The van der Waals surface area contributed by atoms with Gasteiger partial charge in [0.25, 0.3) is 5.91 Å². The zero-order chi connectivity index (χ0) is 16.2. The number of para-hydroxylation sites is 1. The average Bonchev–Trinajstić information content (AvgIpc) is 3.24. The largest absolute Gasteiger partial charge is 0.490 e. The van der Waals surface area contributed by atoms with Crippen molar-refractivity contribution in [3.63, 3.8) is 0 Å². The van der Waals surface area contributed by atoms with Gasteiger partial charge in [-0.05, 0) is 31.4 Å². The van der Waals surface area contributed by atoms with Crippen molar-refractivity contribution in [1.82, 2.24) is 4.90 Å². The van der Waals surface area contributed by atoms with Gasteiger partial charge in [0.05, 0.1) is 17.6 Å². The summed E-state index contributed by atoms with van der Waals surface area (Å²) in [6, 6.07) is 7.11. The van der Waals surface area contributed by atoms with E-state index in [1.165, 1.54) is 0 Å². The maximum Gasteiger partial charge on any atom is 0.308 e. The van der Waals surface area contributed by atoms with Crippen LogP contribution < -0.4 is 4.74 Å². The Kier molecular flexibility index (Phi) is 4.81. The van der Waals surface area contributed by atoms with Crippen LogP contribution >= 0.6 is 0 Å². The van der Waals surface area contributed by atoms with Gasteiger partial charge in [-0.25, -0.2) is 0 Å². The fraction of sp³-hybridized carbons (Fsp3) is 0.529. The molecule has 23 heavy (non-hydrogen) atoms. The standard InChI is InChI=1S/C17H21NO5/c19-16(18-8-7-12(10-18)17(20)21)14-5-1-2-6-15(14)23-11-13-4-3-9-22-13/h1-2,5-6,12-13H,3-4,7-11H2,(H,20,21)/t12-,13+/m1/s1. The zero-order valence-electron chi connectivity index (χ0n) is 12.9. The second kappa shape index (κ2) is 7.00. The fourth-order valence-electron chi connectivity index (χ4n) is 3.04. The number of benzene rings is 1. The van der Waals surface area contributed by atoms with Gasteiger partial charge in [-0.15, -0.1) is 0 Å². The molecule has 6 heteroatoms. The molecule has 0 aromatic heterocycles. The van der Waals surface area contributed by atoms with Crippen molar-refractivity contribution in [3.8, 4) is 5.75 Å². The molecule has 0 bridgehead atoms. The molecule has 2 aliphatic rings. The first-order chi connectivity index (χ1) is 11.1. The lowest BCUT2D eigenvalue weighted by molar-refractivity contribution is -0.141. The molecular formula is C17H21NO5. The Bertz CT molecular complexity index is 582. The first kappa shape index (κ1) is 15.8. The Morgan fingerprint density at radius 1 is 1.30 bits per heavy atom. The van der Waals surface area contributed by atoms with Gasteiger partial charge in [0.15, 0.2) is 0 Å². The topological polar surface area (TPSA) is 76.1 Å². The molecule has 1 aromatic carbocycles. The van der Waals surface area contributed by atoms with Crippen LogP contribution in [0.15, 0.2) is 24.3 Å². The summed E-state index contributed by atoms with van der Waals surface area (Å²) in [5.41, 5.74) is 0.483. The predicted octanol–water partition coefficient (Wildman–Crippen LogP) is 1.79. The van der Waals surface area contributed by atoms with E-state index < -0.39 is 11.9 Å². The molecule has 0 unspecified atom stereocenters. The molecule has 1 N–H and O–H groups in total. The van der Waals surface area contributed by atoms with Gasteiger partial charge < -0.3 is 19.5 Å². The van der Waals surface area contributed by atoms with Crippen LogP contribution in [0, 0.1) is 5.92 Å². The lowest BCUT2D eigenvalue weighted by Gasteiger charge is -2.19. The lowest BCUT2D eigenvalue weighted by Crippen LogP contribution is -2.30. The number of hydrogen-bond acceptors (Lipinski definition) is 4. The summed E-state index contributed by atoms with van der Waals surface area (Å²) in [6.07, 6.45) is 2.60. The van der Waals surface area contributed by atoms with E-state index in [0.717, 1.165) is 19.4 Å². The number of nitrogens with zero attached hydrogens (tertiary/aromatic N) is 1. The third kappa shape index (κ3) is 3.64. The molecule has 2 saturated heterocycles. The second-order valence-electron chi connectivity index (χ2n) is 6.02. The summed E-state index contributed by atoms with van der Waals surface area (Å²) in [5, 5.41) is 9.07. The van der Waals surface area contributed by atoms with E-state index in [9.17, 15) is 9.59 Å². The van der Waals surface area contributed by atoms with Gasteiger partial charge in [0.2, 0.25) is 0 Å². The van der Waals surface area contributed by atoms with Crippen LogP contribution in [0.3, 0.4) is 0 Å². The number of carbonyl (C=O) groups excluding carboxylic acids is 1. The number of carboxylic acids is 1. The summed E-state index contributed by atoms with van der Waals surface area (Å²) < 4.78 is 11.3. The van der Waals surface area contributed by atoms with Gasteiger partial charge in [-0.3, -0.25) is 9.59 Å². The van der Waals surface area contributed by atoms with Gasteiger partial charge in [0, 0.05) is 19.7 Å². The molecule has 124 valence electrons. The van der Waals surface area contributed by atoms with E-state index in [2.05, 4.69) is 0 Å². The molecule has 0 saturated carbocycles. The van der Waals surface area contributed by atoms with Gasteiger partial charge in [0.1, 0.15) is 12.4 Å². The molecule has 1 aromatic rings. The maximum absolute atomic E-state index is 12.7. The van der Waals surface area contributed by atoms with E-state index in [4.69, 9.17) is 14.6 Å². The Morgan fingerprint density at radius 3 is 2.83 bits per heavy atom. The van der Waals surface area contributed by atoms with Crippen LogP contribution in [0.1, 0.15) is 29.6 Å². The SMILES string of the molecule is O=C(O)[C@@H]1CCN(C(=O)c2ccccc2OC[C@@H]2CCCO2)C1. The van der Waals surface area contributed by atoms with Crippen LogP contribution in [0.2, 0.25) is 0 Å². The van der Waals surface area contributed by atoms with Gasteiger partial charge in [-0.1, -0.05) is 12.1 Å². The van der Waals surface area contributed by atoms with Crippen molar-refractivity contribution in [2.75, 3.05) is 26.3 Å². The quantitative estimate of drug-likeness (QED) is 0.895. The average molecular weight is 319 g/mol. The Hall–Kier alpha value is -2.08. The number of hydrogen-bond donors (Lipinski definition) is 1. The first-order valence-corrected chi connectivity index (χ1v) is 8.00. The first-order valence-electron chi connectivity index (χ1n) is 8.00. The highest BCUT2D eigenvalue weighted by atomic mass is 16.5. The van der Waals surface area contributed by atoms with Crippen LogP contribution in [0.5, 0.6) is 5.75 Å². The van der Waals surface area contributed by atoms with Gasteiger partial charge in [-0.2, -0.15) is 0 Å². The van der Waals surface area contributed by atoms with E-state index in [0.29, 0.717) is 30.9 Å². The Morgan fingerprint density at radius 2 is 2.13 bits per heavy atom. The van der Waals surface area contributed by atoms with E-state index in [1.807, 2.05) is 6.07 Å². The minimum absolute atomic E-state index is 0.0846. The summed E-state index contributed by atoms with van der Waals surface area (Å²) in [4.78, 5) is 25.3. The number of likely N-dealkylation sites (tertiary alicyclic amines) is 1. The molecule has 0 spiro atoms. The molecule has 6 nitrogen and oxygen atoms in total. The van der Waals surface area contributed by atoms with Crippen LogP contribution in [-0.2, 0) is 9.53 Å². The highest BCUT2D eigenvalue weighted by Crippen LogP contribution is 2.25. The molecule has 3 rings (SSSR count). The molecule has 2 fully saturated rings. The zero-order valence-corrected chi connectivity index (χ0v) is 12.9. The van der Waals surface area contributed by atoms with E-state index in [-0.39, 0.29) is 18.6 Å². The maximum atomic E-state index is 12.7. The number of amides is 1. The van der Waals surface area contributed by atoms with E-state index in [1.54, 1.807) is 23.1 Å². The highest BCUT2D eigenvalue weighted by molar-refractivity contribution is 5.97. The molecule has 0 radical (unpaired) electrons. The lowest BCUT2D eigenvalue weighted by atomic mass is 10.1. The number of carbonyl (C=O) groups is 2. The number of rotatable bonds is 5. The second-order valence-corrected chi connectivity index (χ2v) is 6.02. The van der Waals surface area contributed by atoms with Crippen LogP contribution in [-0.4, -0.2) is 54.3 Å². The summed E-state index contributed by atoms with van der Waals surface area (Å²) >= 11 is 0. The number of ether oxygens (including phenoxy) is 2.